The van der Waals surface area contributed by atoms with E-state index < -0.39 is 9.84 Å². The zero-order chi connectivity index (χ0) is 18.3. The van der Waals surface area contributed by atoms with Crippen molar-refractivity contribution in [3.05, 3.63) is 23.8 Å². The van der Waals surface area contributed by atoms with Crippen LogP contribution in [-0.4, -0.2) is 75.7 Å². The summed E-state index contributed by atoms with van der Waals surface area (Å²) in [6, 6.07) is 6.09. The highest BCUT2D eigenvalue weighted by molar-refractivity contribution is 7.91. The summed E-state index contributed by atoms with van der Waals surface area (Å²) in [7, 11) is 0.317. The van der Waals surface area contributed by atoms with Crippen LogP contribution in [0.4, 0.5) is 0 Å². The van der Waals surface area contributed by atoms with Crippen LogP contribution in [0.25, 0.3) is 0 Å². The lowest BCUT2D eigenvalue weighted by atomic mass is 10.0. The first kappa shape index (κ1) is 18.1. The Balaban J connectivity index is 1.56. The predicted octanol–water partition coefficient (Wildman–Crippen LogP) is 1.40. The maximum Gasteiger partial charge on any atom is 0.165 e. The summed E-state index contributed by atoms with van der Waals surface area (Å²) in [5, 5.41) is 0. The number of rotatable bonds is 6. The van der Waals surface area contributed by atoms with Crippen LogP contribution in [0.5, 0.6) is 11.5 Å². The Labute approximate surface area is 156 Å². The van der Waals surface area contributed by atoms with Crippen LogP contribution < -0.4 is 9.47 Å². The first-order valence-corrected chi connectivity index (χ1v) is 11.2. The van der Waals surface area contributed by atoms with Gasteiger partial charge in [0, 0.05) is 43.8 Å². The zero-order valence-electron chi connectivity index (χ0n) is 15.6. The molecule has 1 saturated carbocycles. The molecule has 4 rings (SSSR count). The molecule has 0 bridgehead atoms. The molecule has 0 radical (unpaired) electrons. The molecule has 6 nitrogen and oxygen atoms in total. The highest BCUT2D eigenvalue weighted by atomic mass is 32.2. The zero-order valence-corrected chi connectivity index (χ0v) is 16.4. The quantitative estimate of drug-likeness (QED) is 0.744. The van der Waals surface area contributed by atoms with Gasteiger partial charge in [-0.25, -0.2) is 8.42 Å². The lowest BCUT2D eigenvalue weighted by Crippen LogP contribution is -2.59. The standard InChI is InChI=1S/C19H28N2O4S/c1-24-18-5-3-4-15(19(18)25-2)11-21-9-8-20(10-14-6-7-14)16-12-26(22,23)13-17(16)21/h3-5,14,16-17H,6-13H2,1-2H3/t16-,17+/m1/s1. The fraction of sp³-hybridized carbons (Fsp3) is 0.684. The van der Waals surface area contributed by atoms with E-state index in [0.29, 0.717) is 18.0 Å². The number of methoxy groups -OCH3 is 2. The lowest BCUT2D eigenvalue weighted by molar-refractivity contribution is 0.0372. The Morgan fingerprint density at radius 2 is 1.73 bits per heavy atom. The molecule has 1 aromatic carbocycles. The van der Waals surface area contributed by atoms with E-state index in [2.05, 4.69) is 9.80 Å². The van der Waals surface area contributed by atoms with E-state index in [-0.39, 0.29) is 17.8 Å². The summed E-state index contributed by atoms with van der Waals surface area (Å²) < 4.78 is 35.7. The minimum Gasteiger partial charge on any atom is -0.493 e. The van der Waals surface area contributed by atoms with Gasteiger partial charge in [0.05, 0.1) is 25.7 Å². The van der Waals surface area contributed by atoms with Gasteiger partial charge >= 0.3 is 0 Å². The third kappa shape index (κ3) is 3.57. The maximum atomic E-state index is 12.4. The number of benzene rings is 1. The number of nitrogens with zero attached hydrogens (tertiary/aromatic N) is 2. The van der Waals surface area contributed by atoms with Gasteiger partial charge in [-0.2, -0.15) is 0 Å². The van der Waals surface area contributed by atoms with Crippen molar-refractivity contribution >= 4 is 9.84 Å². The summed E-state index contributed by atoms with van der Waals surface area (Å²) in [5.41, 5.74) is 1.05. The largest absolute Gasteiger partial charge is 0.493 e. The molecule has 7 heteroatoms. The van der Waals surface area contributed by atoms with Crippen molar-refractivity contribution in [1.29, 1.82) is 0 Å². The number of piperazine rings is 1. The van der Waals surface area contributed by atoms with Gasteiger partial charge in [-0.3, -0.25) is 9.80 Å². The number of ether oxygens (including phenoxy) is 2. The van der Waals surface area contributed by atoms with Gasteiger partial charge in [0.1, 0.15) is 0 Å². The highest BCUT2D eigenvalue weighted by Crippen LogP contribution is 2.36. The summed E-state index contributed by atoms with van der Waals surface area (Å²) in [4.78, 5) is 4.77. The van der Waals surface area contributed by atoms with E-state index in [0.717, 1.165) is 36.9 Å². The van der Waals surface area contributed by atoms with Crippen molar-refractivity contribution in [2.24, 2.45) is 5.92 Å². The molecule has 144 valence electrons. The van der Waals surface area contributed by atoms with Gasteiger partial charge in [-0.05, 0) is 24.8 Å². The molecule has 1 aromatic rings. The van der Waals surface area contributed by atoms with E-state index in [1.807, 2.05) is 18.2 Å². The Kier molecular flexibility index (Phi) is 4.88. The van der Waals surface area contributed by atoms with Gasteiger partial charge in [-0.1, -0.05) is 12.1 Å². The third-order valence-corrected chi connectivity index (χ3v) is 7.65. The molecule has 0 spiro atoms. The highest BCUT2D eigenvalue weighted by Gasteiger charge is 2.47. The molecule has 3 aliphatic rings. The number of hydrogen-bond donors (Lipinski definition) is 0. The fourth-order valence-corrected chi connectivity index (χ4v) is 6.49. The van der Waals surface area contributed by atoms with Crippen molar-refractivity contribution in [3.8, 4) is 11.5 Å². The van der Waals surface area contributed by atoms with Crippen LogP contribution in [0.1, 0.15) is 18.4 Å². The second-order valence-corrected chi connectivity index (χ2v) is 9.93. The molecule has 0 N–H and O–H groups in total. The summed E-state index contributed by atoms with van der Waals surface area (Å²) >= 11 is 0. The van der Waals surface area contributed by atoms with E-state index >= 15 is 0 Å². The second kappa shape index (κ2) is 7.02. The van der Waals surface area contributed by atoms with Crippen molar-refractivity contribution < 1.29 is 17.9 Å². The van der Waals surface area contributed by atoms with Crippen molar-refractivity contribution in [1.82, 2.24) is 9.80 Å². The van der Waals surface area contributed by atoms with E-state index in [9.17, 15) is 8.42 Å². The summed E-state index contributed by atoms with van der Waals surface area (Å²) in [6.45, 7) is 3.59. The molecular formula is C19H28N2O4S. The van der Waals surface area contributed by atoms with Crippen LogP contribution in [-0.2, 0) is 16.4 Å². The van der Waals surface area contributed by atoms with Gasteiger partial charge in [0.15, 0.2) is 21.3 Å². The topological polar surface area (TPSA) is 59.1 Å². The number of fused-ring (bicyclic) bond motifs is 1. The van der Waals surface area contributed by atoms with E-state index in [1.54, 1.807) is 14.2 Å². The molecule has 2 saturated heterocycles. The van der Waals surface area contributed by atoms with Crippen LogP contribution in [0.3, 0.4) is 0 Å². The predicted molar refractivity (Wildman–Crippen MR) is 100 cm³/mol. The fourth-order valence-electron chi connectivity index (χ4n) is 4.45. The van der Waals surface area contributed by atoms with Crippen molar-refractivity contribution in [2.45, 2.75) is 31.5 Å². The SMILES string of the molecule is COc1cccc(CN2CCN(CC3CC3)[C@@H]3CS(=O)(=O)C[C@@H]32)c1OC. The summed E-state index contributed by atoms with van der Waals surface area (Å²) in [5.74, 6) is 2.81. The maximum absolute atomic E-state index is 12.4. The van der Waals surface area contributed by atoms with Crippen LogP contribution in [0.2, 0.25) is 0 Å². The Hall–Kier alpha value is -1.31. The average Bonchev–Trinajstić information content (AvgIpc) is 3.37. The molecule has 26 heavy (non-hydrogen) atoms. The minimum atomic E-state index is -2.97. The smallest absolute Gasteiger partial charge is 0.165 e. The number of hydrogen-bond acceptors (Lipinski definition) is 6. The van der Waals surface area contributed by atoms with Gasteiger partial charge in [0.25, 0.3) is 0 Å². The Bertz CT molecular complexity index is 763. The monoisotopic (exact) mass is 380 g/mol. The van der Waals surface area contributed by atoms with Crippen LogP contribution in [0, 0.1) is 5.92 Å². The van der Waals surface area contributed by atoms with Gasteiger partial charge in [0.2, 0.25) is 0 Å². The molecule has 0 amide bonds. The third-order valence-electron chi connectivity index (χ3n) is 5.95. The molecule has 2 aliphatic heterocycles. The molecule has 2 atom stereocenters. The van der Waals surface area contributed by atoms with Crippen molar-refractivity contribution in [3.63, 3.8) is 0 Å². The first-order chi connectivity index (χ1) is 12.5. The molecule has 0 aromatic heterocycles. The normalized spacial score (nSPS) is 28.7. The number of para-hydroxylation sites is 1. The molecule has 3 fully saturated rings. The summed E-state index contributed by atoms with van der Waals surface area (Å²) in [6.07, 6.45) is 2.59. The molecular weight excluding hydrogens is 352 g/mol. The lowest BCUT2D eigenvalue weighted by Gasteiger charge is -2.44. The van der Waals surface area contributed by atoms with Crippen molar-refractivity contribution in [2.75, 3.05) is 45.4 Å². The average molecular weight is 381 g/mol. The van der Waals surface area contributed by atoms with E-state index in [4.69, 9.17) is 9.47 Å². The molecule has 0 unspecified atom stereocenters. The molecule has 1 aliphatic carbocycles. The van der Waals surface area contributed by atoms with E-state index in [1.165, 1.54) is 12.8 Å². The van der Waals surface area contributed by atoms with Gasteiger partial charge < -0.3 is 9.47 Å². The molecule has 2 heterocycles. The Morgan fingerprint density at radius 1 is 1.04 bits per heavy atom. The second-order valence-electron chi connectivity index (χ2n) is 7.77. The Morgan fingerprint density at radius 3 is 2.38 bits per heavy atom. The van der Waals surface area contributed by atoms with Crippen LogP contribution >= 0.6 is 0 Å². The van der Waals surface area contributed by atoms with Crippen LogP contribution in [0.15, 0.2) is 18.2 Å². The first-order valence-electron chi connectivity index (χ1n) is 9.39. The minimum absolute atomic E-state index is 0.0726. The number of sulfone groups is 1. The van der Waals surface area contributed by atoms with Gasteiger partial charge in [-0.15, -0.1) is 0 Å².